The van der Waals surface area contributed by atoms with Gasteiger partial charge in [-0.3, -0.25) is 0 Å². The molecule has 0 saturated heterocycles. The SMILES string of the molecule is C=Cc1cc(C(C)(C)C)c[nH]1. The summed E-state index contributed by atoms with van der Waals surface area (Å²) >= 11 is 0. The lowest BCUT2D eigenvalue weighted by Crippen LogP contribution is -2.09. The predicted octanol–water partition coefficient (Wildman–Crippen LogP) is 2.96. The molecule has 0 fully saturated rings. The third-order valence-electron chi connectivity index (χ3n) is 1.79. The van der Waals surface area contributed by atoms with Gasteiger partial charge in [-0.25, -0.2) is 0 Å². The monoisotopic (exact) mass is 149 g/mol. The molecule has 1 aromatic rings. The van der Waals surface area contributed by atoms with Crippen molar-refractivity contribution in [3.63, 3.8) is 0 Å². The molecule has 0 bridgehead atoms. The number of hydrogen-bond donors (Lipinski definition) is 1. The summed E-state index contributed by atoms with van der Waals surface area (Å²) in [5.41, 5.74) is 2.65. The first-order valence-electron chi connectivity index (χ1n) is 3.85. The van der Waals surface area contributed by atoms with Gasteiger partial charge in [0, 0.05) is 11.9 Å². The zero-order chi connectivity index (χ0) is 8.48. The molecule has 11 heavy (non-hydrogen) atoms. The Hall–Kier alpha value is -0.980. The van der Waals surface area contributed by atoms with Crippen molar-refractivity contribution >= 4 is 6.08 Å². The summed E-state index contributed by atoms with van der Waals surface area (Å²) in [6.07, 6.45) is 3.87. The maximum atomic E-state index is 3.70. The van der Waals surface area contributed by atoms with Crippen molar-refractivity contribution < 1.29 is 0 Å². The molecule has 0 aliphatic carbocycles. The Balaban J connectivity index is 2.98. The summed E-state index contributed by atoms with van der Waals surface area (Å²) in [4.78, 5) is 3.14. The molecule has 1 heteroatoms. The van der Waals surface area contributed by atoms with Crippen LogP contribution in [-0.4, -0.2) is 4.98 Å². The summed E-state index contributed by atoms with van der Waals surface area (Å²) in [6.45, 7) is 10.3. The molecule has 1 aromatic heterocycles. The van der Waals surface area contributed by atoms with Gasteiger partial charge in [0.15, 0.2) is 0 Å². The molecule has 60 valence electrons. The Bertz CT molecular complexity index is 250. The quantitative estimate of drug-likeness (QED) is 0.632. The van der Waals surface area contributed by atoms with Crippen LogP contribution in [0.25, 0.3) is 6.08 Å². The number of aromatic amines is 1. The number of aromatic nitrogens is 1. The minimum Gasteiger partial charge on any atom is -0.361 e. The first-order valence-corrected chi connectivity index (χ1v) is 3.85. The summed E-state index contributed by atoms with van der Waals surface area (Å²) in [6, 6.07) is 2.13. The van der Waals surface area contributed by atoms with E-state index in [4.69, 9.17) is 0 Å². The van der Waals surface area contributed by atoms with Crippen molar-refractivity contribution in [3.8, 4) is 0 Å². The molecular formula is C10H15N. The van der Waals surface area contributed by atoms with E-state index in [0.717, 1.165) is 5.69 Å². The second-order valence-corrected chi connectivity index (χ2v) is 3.80. The van der Waals surface area contributed by atoms with Crippen molar-refractivity contribution in [1.82, 2.24) is 4.98 Å². The van der Waals surface area contributed by atoms with Gasteiger partial charge in [-0.2, -0.15) is 0 Å². The van der Waals surface area contributed by atoms with Crippen molar-refractivity contribution in [2.24, 2.45) is 0 Å². The van der Waals surface area contributed by atoms with E-state index in [1.807, 2.05) is 12.3 Å². The second-order valence-electron chi connectivity index (χ2n) is 3.80. The fourth-order valence-corrected chi connectivity index (χ4v) is 0.963. The Kier molecular flexibility index (Phi) is 1.90. The number of rotatable bonds is 1. The second kappa shape index (κ2) is 2.57. The lowest BCUT2D eigenvalue weighted by atomic mass is 9.89. The topological polar surface area (TPSA) is 15.8 Å². The highest BCUT2D eigenvalue weighted by molar-refractivity contribution is 5.44. The minimum absolute atomic E-state index is 0.234. The summed E-state index contributed by atoms with van der Waals surface area (Å²) in [5, 5.41) is 0. The van der Waals surface area contributed by atoms with Crippen molar-refractivity contribution in [3.05, 3.63) is 30.1 Å². The van der Waals surface area contributed by atoms with E-state index in [9.17, 15) is 0 Å². The molecule has 0 atom stereocenters. The first kappa shape index (κ1) is 8.12. The average molecular weight is 149 g/mol. The highest BCUT2D eigenvalue weighted by atomic mass is 14.7. The van der Waals surface area contributed by atoms with E-state index in [0.29, 0.717) is 0 Å². The summed E-state index contributed by atoms with van der Waals surface area (Å²) < 4.78 is 0. The van der Waals surface area contributed by atoms with Crippen molar-refractivity contribution in [2.45, 2.75) is 26.2 Å². The zero-order valence-electron chi connectivity index (χ0n) is 7.44. The van der Waals surface area contributed by atoms with Gasteiger partial charge >= 0.3 is 0 Å². The standard InChI is InChI=1S/C10H15N/c1-5-9-6-8(7-11-9)10(2,3)4/h5-7,11H,1H2,2-4H3. The molecule has 1 rings (SSSR count). The van der Waals surface area contributed by atoms with Crippen LogP contribution >= 0.6 is 0 Å². The Morgan fingerprint density at radius 3 is 2.36 bits per heavy atom. The van der Waals surface area contributed by atoms with E-state index >= 15 is 0 Å². The molecule has 0 spiro atoms. The van der Waals surface area contributed by atoms with Crippen LogP contribution in [0.2, 0.25) is 0 Å². The van der Waals surface area contributed by atoms with Crippen LogP contribution in [0.4, 0.5) is 0 Å². The van der Waals surface area contributed by atoms with Crippen LogP contribution in [0.5, 0.6) is 0 Å². The number of hydrogen-bond acceptors (Lipinski definition) is 0. The van der Waals surface area contributed by atoms with Crippen LogP contribution in [0.1, 0.15) is 32.0 Å². The van der Waals surface area contributed by atoms with Crippen molar-refractivity contribution in [1.29, 1.82) is 0 Å². The lowest BCUT2D eigenvalue weighted by Gasteiger charge is -2.15. The molecule has 1 nitrogen and oxygen atoms in total. The van der Waals surface area contributed by atoms with E-state index in [-0.39, 0.29) is 5.41 Å². The van der Waals surface area contributed by atoms with Crippen LogP contribution in [0, 0.1) is 0 Å². The fourth-order valence-electron chi connectivity index (χ4n) is 0.963. The van der Waals surface area contributed by atoms with E-state index < -0.39 is 0 Å². The maximum Gasteiger partial charge on any atom is 0.0377 e. The van der Waals surface area contributed by atoms with E-state index in [1.165, 1.54) is 5.56 Å². The van der Waals surface area contributed by atoms with Gasteiger partial charge in [-0.05, 0) is 23.1 Å². The molecule has 1 N–H and O–H groups in total. The Morgan fingerprint density at radius 1 is 1.45 bits per heavy atom. The van der Waals surface area contributed by atoms with Gasteiger partial charge < -0.3 is 4.98 Å². The number of nitrogens with one attached hydrogen (secondary N) is 1. The highest BCUT2D eigenvalue weighted by Crippen LogP contribution is 2.22. The smallest absolute Gasteiger partial charge is 0.0377 e. The van der Waals surface area contributed by atoms with E-state index in [1.54, 1.807) is 0 Å². The van der Waals surface area contributed by atoms with Crippen LogP contribution in [0.3, 0.4) is 0 Å². The van der Waals surface area contributed by atoms with Crippen LogP contribution in [-0.2, 0) is 5.41 Å². The summed E-state index contributed by atoms with van der Waals surface area (Å²) in [7, 11) is 0. The fraction of sp³-hybridized carbons (Fsp3) is 0.400. The van der Waals surface area contributed by atoms with Gasteiger partial charge in [0.1, 0.15) is 0 Å². The van der Waals surface area contributed by atoms with Crippen LogP contribution < -0.4 is 0 Å². The normalized spacial score (nSPS) is 11.5. The minimum atomic E-state index is 0.234. The van der Waals surface area contributed by atoms with Gasteiger partial charge in [0.05, 0.1) is 0 Å². The van der Waals surface area contributed by atoms with Gasteiger partial charge in [-0.1, -0.05) is 27.4 Å². The molecule has 0 aliphatic heterocycles. The Labute approximate surface area is 68.1 Å². The largest absolute Gasteiger partial charge is 0.361 e. The van der Waals surface area contributed by atoms with Crippen molar-refractivity contribution in [2.75, 3.05) is 0 Å². The molecule has 0 aliphatic rings. The molecule has 1 heterocycles. The predicted molar refractivity (Wildman–Crippen MR) is 49.6 cm³/mol. The summed E-state index contributed by atoms with van der Waals surface area (Å²) in [5.74, 6) is 0. The van der Waals surface area contributed by atoms with Gasteiger partial charge in [-0.15, -0.1) is 0 Å². The lowest BCUT2D eigenvalue weighted by molar-refractivity contribution is 0.591. The van der Waals surface area contributed by atoms with Crippen LogP contribution in [0.15, 0.2) is 18.8 Å². The van der Waals surface area contributed by atoms with Gasteiger partial charge in [0.2, 0.25) is 0 Å². The zero-order valence-corrected chi connectivity index (χ0v) is 7.44. The highest BCUT2D eigenvalue weighted by Gasteiger charge is 2.13. The third kappa shape index (κ3) is 1.73. The third-order valence-corrected chi connectivity index (χ3v) is 1.79. The molecular weight excluding hydrogens is 134 g/mol. The molecule has 0 amide bonds. The Morgan fingerprint density at radius 2 is 2.09 bits per heavy atom. The molecule has 0 radical (unpaired) electrons. The van der Waals surface area contributed by atoms with Gasteiger partial charge in [0.25, 0.3) is 0 Å². The molecule has 0 saturated carbocycles. The molecule has 0 aromatic carbocycles. The maximum absolute atomic E-state index is 3.70. The number of H-pyrrole nitrogens is 1. The average Bonchev–Trinajstić information content (AvgIpc) is 2.32. The van der Waals surface area contributed by atoms with E-state index in [2.05, 4.69) is 38.4 Å². The molecule has 0 unspecified atom stereocenters. The first-order chi connectivity index (χ1) is 5.04.